The molecule has 2 saturated heterocycles. The Labute approximate surface area is 187 Å². The number of nitrogens with zero attached hydrogens (tertiary/aromatic N) is 3. The fourth-order valence-electron chi connectivity index (χ4n) is 4.98. The molecule has 32 heavy (non-hydrogen) atoms. The van der Waals surface area contributed by atoms with Gasteiger partial charge in [0.2, 0.25) is 5.91 Å². The summed E-state index contributed by atoms with van der Waals surface area (Å²) in [4.78, 5) is 33.1. The molecule has 2 aromatic carbocycles. The topological polar surface area (TPSA) is 73.7 Å². The fourth-order valence-corrected chi connectivity index (χ4v) is 4.98. The highest BCUT2D eigenvalue weighted by atomic mass is 16.3. The summed E-state index contributed by atoms with van der Waals surface area (Å²) in [6.45, 7) is 2.46. The van der Waals surface area contributed by atoms with Gasteiger partial charge >= 0.3 is 0 Å². The number of carbonyl (C=O) groups excluding carboxylic acids is 2. The number of aliphatic hydroxyl groups is 1. The number of amides is 2. The lowest BCUT2D eigenvalue weighted by Crippen LogP contribution is -2.73. The number of aliphatic hydroxyl groups excluding tert-OH is 1. The number of hydrogen-bond acceptors (Lipinski definition) is 4. The Morgan fingerprint density at radius 3 is 2.25 bits per heavy atom. The molecule has 3 heterocycles. The van der Waals surface area contributed by atoms with Crippen LogP contribution in [0.5, 0.6) is 0 Å². The summed E-state index contributed by atoms with van der Waals surface area (Å²) in [7, 11) is 0. The second-order valence-corrected chi connectivity index (χ2v) is 8.55. The highest BCUT2D eigenvalue weighted by Crippen LogP contribution is 2.43. The first-order chi connectivity index (χ1) is 15.6. The molecule has 0 radical (unpaired) electrons. The van der Waals surface area contributed by atoms with E-state index in [1.165, 1.54) is 5.56 Å². The number of carbonyl (C=O) groups is 2. The Hall–Kier alpha value is -3.51. The molecule has 0 unspecified atom stereocenters. The van der Waals surface area contributed by atoms with E-state index in [1.807, 2.05) is 0 Å². The normalized spacial score (nSPS) is 22.3. The Morgan fingerprint density at radius 1 is 1.00 bits per heavy atom. The van der Waals surface area contributed by atoms with Crippen molar-refractivity contribution in [3.8, 4) is 11.1 Å². The Kier molecular flexibility index (Phi) is 5.23. The van der Waals surface area contributed by atoms with Crippen molar-refractivity contribution < 1.29 is 14.7 Å². The molecule has 2 amide bonds. The number of pyridine rings is 1. The van der Waals surface area contributed by atoms with Gasteiger partial charge < -0.3 is 14.9 Å². The van der Waals surface area contributed by atoms with Crippen LogP contribution < -0.4 is 0 Å². The molecule has 3 aromatic rings. The van der Waals surface area contributed by atoms with Crippen LogP contribution in [0.2, 0.25) is 0 Å². The highest BCUT2D eigenvalue weighted by molar-refractivity contribution is 5.97. The van der Waals surface area contributed by atoms with Gasteiger partial charge in [-0.05, 0) is 35.7 Å². The van der Waals surface area contributed by atoms with E-state index in [0.29, 0.717) is 12.1 Å². The lowest BCUT2D eigenvalue weighted by atomic mass is 9.73. The van der Waals surface area contributed by atoms with Crippen molar-refractivity contribution in [2.24, 2.45) is 0 Å². The molecule has 2 aliphatic heterocycles. The van der Waals surface area contributed by atoms with E-state index in [4.69, 9.17) is 0 Å². The minimum atomic E-state index is -0.254. The average Bonchev–Trinajstić information content (AvgIpc) is 2.81. The number of piperazine rings is 1. The minimum absolute atomic E-state index is 0.0101. The summed E-state index contributed by atoms with van der Waals surface area (Å²) in [5, 5.41) is 10.0. The molecule has 2 aliphatic rings. The van der Waals surface area contributed by atoms with Gasteiger partial charge in [0.15, 0.2) is 0 Å². The number of rotatable bonds is 4. The third kappa shape index (κ3) is 3.46. The molecule has 0 aliphatic carbocycles. The van der Waals surface area contributed by atoms with Crippen LogP contribution >= 0.6 is 0 Å². The van der Waals surface area contributed by atoms with E-state index in [-0.39, 0.29) is 43.0 Å². The van der Waals surface area contributed by atoms with Gasteiger partial charge in [-0.3, -0.25) is 14.6 Å². The molecule has 1 N–H and O–H groups in total. The van der Waals surface area contributed by atoms with E-state index >= 15 is 0 Å². The molecule has 2 fully saturated rings. The summed E-state index contributed by atoms with van der Waals surface area (Å²) >= 11 is 0. The van der Waals surface area contributed by atoms with Gasteiger partial charge in [-0.2, -0.15) is 0 Å². The zero-order chi connectivity index (χ0) is 22.2. The quantitative estimate of drug-likeness (QED) is 0.695. The summed E-state index contributed by atoms with van der Waals surface area (Å²) in [5.74, 6) is -0.291. The van der Waals surface area contributed by atoms with Crippen molar-refractivity contribution in [2.75, 3.05) is 19.7 Å². The first-order valence-corrected chi connectivity index (χ1v) is 10.8. The second kappa shape index (κ2) is 8.20. The zero-order valence-electron chi connectivity index (χ0n) is 17.9. The maximum absolute atomic E-state index is 12.9. The smallest absolute Gasteiger partial charge is 0.254 e. The SMILES string of the molecule is Cc1ccc(-c2ccc([C@@H]3[C@H](CO)N4C(=O)CN(C(=O)c5ccncc5)C[C@@H]34)cc2)cc1. The molecule has 0 bridgehead atoms. The zero-order valence-corrected chi connectivity index (χ0v) is 17.9. The first kappa shape index (κ1) is 20.4. The van der Waals surface area contributed by atoms with Crippen LogP contribution in [0.25, 0.3) is 11.1 Å². The second-order valence-electron chi connectivity index (χ2n) is 8.55. The summed E-state index contributed by atoms with van der Waals surface area (Å²) in [5.41, 5.74) is 5.10. The monoisotopic (exact) mass is 427 g/mol. The van der Waals surface area contributed by atoms with Crippen molar-refractivity contribution in [1.82, 2.24) is 14.8 Å². The number of fused-ring (bicyclic) bond motifs is 1. The van der Waals surface area contributed by atoms with Gasteiger partial charge in [0, 0.05) is 30.4 Å². The van der Waals surface area contributed by atoms with Crippen LogP contribution in [-0.2, 0) is 4.79 Å². The number of benzene rings is 2. The minimum Gasteiger partial charge on any atom is -0.394 e. The lowest BCUT2D eigenvalue weighted by Gasteiger charge is -2.58. The van der Waals surface area contributed by atoms with Crippen LogP contribution in [0.15, 0.2) is 73.1 Å². The molecular formula is C26H25N3O3. The highest BCUT2D eigenvalue weighted by Gasteiger charge is 2.54. The molecule has 3 atom stereocenters. The summed E-state index contributed by atoms with van der Waals surface area (Å²) < 4.78 is 0. The Morgan fingerprint density at radius 2 is 1.62 bits per heavy atom. The van der Waals surface area contributed by atoms with Crippen molar-refractivity contribution in [3.05, 3.63) is 89.7 Å². The number of aryl methyl sites for hydroxylation is 1. The van der Waals surface area contributed by atoms with Crippen molar-refractivity contribution in [3.63, 3.8) is 0 Å². The van der Waals surface area contributed by atoms with Crippen LogP contribution in [0.4, 0.5) is 0 Å². The third-order valence-electron chi connectivity index (χ3n) is 6.65. The number of hydrogen-bond donors (Lipinski definition) is 1. The summed E-state index contributed by atoms with van der Waals surface area (Å²) in [6.07, 6.45) is 3.16. The van der Waals surface area contributed by atoms with E-state index in [2.05, 4.69) is 60.4 Å². The molecule has 1 aromatic heterocycles. The average molecular weight is 428 g/mol. The molecular weight excluding hydrogens is 402 g/mol. The molecule has 5 rings (SSSR count). The molecule has 0 spiro atoms. The van der Waals surface area contributed by atoms with E-state index in [9.17, 15) is 14.7 Å². The maximum atomic E-state index is 12.9. The van der Waals surface area contributed by atoms with Gasteiger partial charge in [-0.1, -0.05) is 54.1 Å². The number of aromatic nitrogens is 1. The van der Waals surface area contributed by atoms with Crippen molar-refractivity contribution >= 4 is 11.8 Å². The van der Waals surface area contributed by atoms with Crippen LogP contribution in [0.1, 0.15) is 27.4 Å². The largest absolute Gasteiger partial charge is 0.394 e. The van der Waals surface area contributed by atoms with Gasteiger partial charge in [-0.15, -0.1) is 0 Å². The van der Waals surface area contributed by atoms with E-state index in [1.54, 1.807) is 34.3 Å². The first-order valence-electron chi connectivity index (χ1n) is 10.8. The van der Waals surface area contributed by atoms with Crippen molar-refractivity contribution in [2.45, 2.75) is 24.9 Å². The van der Waals surface area contributed by atoms with Gasteiger partial charge in [0.1, 0.15) is 6.54 Å². The van der Waals surface area contributed by atoms with E-state index < -0.39 is 0 Å². The van der Waals surface area contributed by atoms with Gasteiger partial charge in [0.05, 0.1) is 18.7 Å². The van der Waals surface area contributed by atoms with Gasteiger partial charge in [-0.25, -0.2) is 0 Å². The third-order valence-corrected chi connectivity index (χ3v) is 6.65. The summed E-state index contributed by atoms with van der Waals surface area (Å²) in [6, 6.07) is 19.7. The molecule has 162 valence electrons. The maximum Gasteiger partial charge on any atom is 0.254 e. The molecule has 6 nitrogen and oxygen atoms in total. The predicted octanol–water partition coefficient (Wildman–Crippen LogP) is 2.87. The fraction of sp³-hybridized carbons (Fsp3) is 0.269. The van der Waals surface area contributed by atoms with E-state index in [0.717, 1.165) is 16.7 Å². The van der Waals surface area contributed by atoms with Crippen molar-refractivity contribution in [1.29, 1.82) is 0 Å². The lowest BCUT2D eigenvalue weighted by molar-refractivity contribution is -0.159. The Balaban J connectivity index is 1.38. The van der Waals surface area contributed by atoms with Crippen LogP contribution in [0, 0.1) is 6.92 Å². The standard InChI is InChI=1S/C26H25N3O3/c1-17-2-4-18(5-3-17)19-6-8-20(9-7-19)25-22-14-28(15-24(31)29(22)23(25)16-30)26(32)21-10-12-27-13-11-21/h2-13,22-23,25,30H,14-16H2,1H3/t22-,23-,25-/m0/s1. The van der Waals surface area contributed by atoms with Crippen LogP contribution in [0.3, 0.4) is 0 Å². The molecule has 0 saturated carbocycles. The van der Waals surface area contributed by atoms with Gasteiger partial charge in [0.25, 0.3) is 5.91 Å². The molecule has 6 heteroatoms. The predicted molar refractivity (Wildman–Crippen MR) is 121 cm³/mol. The Bertz CT molecular complexity index is 1130. The van der Waals surface area contributed by atoms with Crippen LogP contribution in [-0.4, -0.2) is 63.5 Å².